The summed E-state index contributed by atoms with van der Waals surface area (Å²) < 4.78 is 23.3. The molecule has 2 atom stereocenters. The summed E-state index contributed by atoms with van der Waals surface area (Å²) in [6, 6.07) is 10.2. The molecule has 1 saturated heterocycles. The van der Waals surface area contributed by atoms with Crippen molar-refractivity contribution >= 4 is 50.0 Å². The fraction of sp³-hybridized carbons (Fsp3) is 0.278. The molecule has 0 spiro atoms. The number of nitrogens with one attached hydrogen (secondary N) is 2. The van der Waals surface area contributed by atoms with Gasteiger partial charge in [-0.2, -0.15) is 0 Å². The van der Waals surface area contributed by atoms with Crippen LogP contribution in [-0.2, 0) is 16.4 Å². The molecule has 2 aliphatic heterocycles. The Morgan fingerprint density at radius 2 is 2.11 bits per heavy atom. The van der Waals surface area contributed by atoms with Gasteiger partial charge in [-0.3, -0.25) is 14.8 Å². The SMILES string of the molecule is O=C(NCc1ccccn1)c1ccc(Cl)c(NC2=N[C@H]3CS(=O)(=O)C[C@@H]3S2)c1. The van der Waals surface area contributed by atoms with Crippen molar-refractivity contribution in [2.45, 2.75) is 17.8 Å². The fourth-order valence-corrected chi connectivity index (χ4v) is 6.90. The molecule has 0 bridgehead atoms. The number of pyridine rings is 1. The Labute approximate surface area is 171 Å². The zero-order valence-electron chi connectivity index (χ0n) is 14.6. The van der Waals surface area contributed by atoms with E-state index < -0.39 is 9.84 Å². The van der Waals surface area contributed by atoms with Crippen LogP contribution in [0.5, 0.6) is 0 Å². The number of halogens is 1. The van der Waals surface area contributed by atoms with Crippen LogP contribution in [0.1, 0.15) is 16.1 Å². The van der Waals surface area contributed by atoms with E-state index in [0.717, 1.165) is 5.69 Å². The number of aliphatic imine (C=N–C) groups is 1. The molecule has 7 nitrogen and oxygen atoms in total. The van der Waals surface area contributed by atoms with Crippen LogP contribution >= 0.6 is 23.4 Å². The van der Waals surface area contributed by atoms with E-state index in [1.54, 1.807) is 24.4 Å². The van der Waals surface area contributed by atoms with Gasteiger partial charge in [0.25, 0.3) is 5.91 Å². The van der Waals surface area contributed by atoms with Gasteiger partial charge in [-0.1, -0.05) is 29.4 Å². The molecular formula is C18H17ClN4O3S2. The van der Waals surface area contributed by atoms with Gasteiger partial charge in [0.2, 0.25) is 0 Å². The van der Waals surface area contributed by atoms with Crippen LogP contribution in [0.25, 0.3) is 0 Å². The van der Waals surface area contributed by atoms with Crippen molar-refractivity contribution in [2.24, 2.45) is 4.99 Å². The number of carbonyl (C=O) groups is 1. The number of sulfone groups is 1. The zero-order valence-corrected chi connectivity index (χ0v) is 17.0. The highest BCUT2D eigenvalue weighted by Gasteiger charge is 2.42. The lowest BCUT2D eigenvalue weighted by atomic mass is 10.2. The molecule has 3 heterocycles. The lowest BCUT2D eigenvalue weighted by Crippen LogP contribution is -2.23. The van der Waals surface area contributed by atoms with Gasteiger partial charge in [-0.15, -0.1) is 0 Å². The molecule has 2 aromatic rings. The first-order chi connectivity index (χ1) is 13.4. The second-order valence-corrected chi connectivity index (χ2v) is 10.3. The van der Waals surface area contributed by atoms with Gasteiger partial charge in [0, 0.05) is 17.0 Å². The Balaban J connectivity index is 1.43. The molecule has 4 rings (SSSR count). The van der Waals surface area contributed by atoms with Gasteiger partial charge in [0.05, 0.1) is 40.5 Å². The summed E-state index contributed by atoms with van der Waals surface area (Å²) in [5.74, 6) is -0.0189. The van der Waals surface area contributed by atoms with Crippen molar-refractivity contribution in [1.82, 2.24) is 10.3 Å². The molecule has 1 aromatic heterocycles. The Morgan fingerprint density at radius 3 is 2.86 bits per heavy atom. The molecule has 2 aliphatic rings. The third-order valence-electron chi connectivity index (χ3n) is 4.44. The maximum atomic E-state index is 12.4. The third-order valence-corrected chi connectivity index (χ3v) is 7.92. The maximum absolute atomic E-state index is 12.4. The normalized spacial score (nSPS) is 22.4. The molecule has 2 N–H and O–H groups in total. The number of hydrogen-bond donors (Lipinski definition) is 2. The van der Waals surface area contributed by atoms with Gasteiger partial charge >= 0.3 is 0 Å². The van der Waals surface area contributed by atoms with Crippen LogP contribution in [-0.4, -0.2) is 47.3 Å². The molecule has 1 fully saturated rings. The van der Waals surface area contributed by atoms with E-state index in [9.17, 15) is 13.2 Å². The summed E-state index contributed by atoms with van der Waals surface area (Å²) in [4.78, 5) is 21.1. The van der Waals surface area contributed by atoms with Crippen molar-refractivity contribution in [3.63, 3.8) is 0 Å². The average Bonchev–Trinajstić information content (AvgIpc) is 3.15. The summed E-state index contributed by atoms with van der Waals surface area (Å²) >= 11 is 7.66. The molecule has 0 radical (unpaired) electrons. The number of rotatable bonds is 4. The van der Waals surface area contributed by atoms with Gasteiger partial charge in [-0.05, 0) is 30.3 Å². The summed E-state index contributed by atoms with van der Waals surface area (Å²) in [5.41, 5.74) is 1.77. The third kappa shape index (κ3) is 4.31. The predicted octanol–water partition coefficient (Wildman–Crippen LogP) is 2.35. The minimum absolute atomic E-state index is 0.0591. The first kappa shape index (κ1) is 19.2. The minimum Gasteiger partial charge on any atom is -0.346 e. The van der Waals surface area contributed by atoms with E-state index in [1.165, 1.54) is 11.8 Å². The molecule has 1 amide bonds. The molecule has 10 heteroatoms. The number of carbonyl (C=O) groups excluding carboxylic acids is 1. The highest BCUT2D eigenvalue weighted by molar-refractivity contribution is 8.15. The Morgan fingerprint density at radius 1 is 1.25 bits per heavy atom. The Bertz CT molecular complexity index is 1040. The molecule has 146 valence electrons. The van der Waals surface area contributed by atoms with Crippen LogP contribution in [0, 0.1) is 0 Å². The zero-order chi connectivity index (χ0) is 19.7. The molecule has 0 unspecified atom stereocenters. The first-order valence-corrected chi connectivity index (χ1v) is 11.7. The fourth-order valence-electron chi connectivity index (χ4n) is 3.07. The number of fused-ring (bicyclic) bond motifs is 1. The van der Waals surface area contributed by atoms with Gasteiger partial charge < -0.3 is 10.6 Å². The van der Waals surface area contributed by atoms with Crippen molar-refractivity contribution in [3.05, 3.63) is 58.9 Å². The second kappa shape index (κ2) is 7.73. The number of amidine groups is 1. The molecular weight excluding hydrogens is 420 g/mol. The standard InChI is InChI=1S/C18H17ClN4O3S2/c19-13-5-4-11(17(24)21-8-12-3-1-2-6-20-12)7-14(13)22-18-23-15-9-28(25,26)10-16(15)27-18/h1-7,15-16H,8-10H2,(H,21,24)(H,22,23)/t15-,16-/m0/s1. The maximum Gasteiger partial charge on any atom is 0.251 e. The topological polar surface area (TPSA) is 101 Å². The number of benzene rings is 1. The lowest BCUT2D eigenvalue weighted by molar-refractivity contribution is 0.0950. The number of hydrogen-bond acceptors (Lipinski definition) is 7. The summed E-state index contributed by atoms with van der Waals surface area (Å²) in [6.45, 7) is 0.325. The van der Waals surface area contributed by atoms with E-state index in [2.05, 4.69) is 20.6 Å². The van der Waals surface area contributed by atoms with Crippen LogP contribution in [0.2, 0.25) is 5.02 Å². The average molecular weight is 437 g/mol. The molecule has 28 heavy (non-hydrogen) atoms. The van der Waals surface area contributed by atoms with Crippen LogP contribution in [0.15, 0.2) is 47.6 Å². The van der Waals surface area contributed by atoms with Crippen LogP contribution in [0.4, 0.5) is 5.69 Å². The van der Waals surface area contributed by atoms with Crippen LogP contribution < -0.4 is 10.6 Å². The number of nitrogens with zero attached hydrogens (tertiary/aromatic N) is 2. The second-order valence-electron chi connectivity index (χ2n) is 6.56. The van der Waals surface area contributed by atoms with Gasteiger partial charge in [-0.25, -0.2) is 8.42 Å². The largest absolute Gasteiger partial charge is 0.346 e. The number of anilines is 1. The van der Waals surface area contributed by atoms with Crippen molar-refractivity contribution in [2.75, 3.05) is 16.8 Å². The number of amides is 1. The van der Waals surface area contributed by atoms with E-state index in [1.807, 2.05) is 18.2 Å². The minimum atomic E-state index is -3.00. The monoisotopic (exact) mass is 436 g/mol. The predicted molar refractivity (Wildman–Crippen MR) is 112 cm³/mol. The van der Waals surface area contributed by atoms with Gasteiger partial charge in [0.1, 0.15) is 0 Å². The first-order valence-electron chi connectivity index (χ1n) is 8.59. The van der Waals surface area contributed by atoms with Crippen molar-refractivity contribution < 1.29 is 13.2 Å². The quantitative estimate of drug-likeness (QED) is 0.763. The van der Waals surface area contributed by atoms with Crippen molar-refractivity contribution in [3.8, 4) is 0 Å². The highest BCUT2D eigenvalue weighted by atomic mass is 35.5. The highest BCUT2D eigenvalue weighted by Crippen LogP contribution is 2.35. The number of thioether (sulfide) groups is 1. The molecule has 1 aromatic carbocycles. The van der Waals surface area contributed by atoms with Crippen molar-refractivity contribution in [1.29, 1.82) is 0 Å². The Hall–Kier alpha value is -2.10. The van der Waals surface area contributed by atoms with Crippen LogP contribution in [0.3, 0.4) is 0 Å². The van der Waals surface area contributed by atoms with E-state index in [4.69, 9.17) is 11.6 Å². The Kier molecular flexibility index (Phi) is 5.31. The lowest BCUT2D eigenvalue weighted by Gasteiger charge is -2.11. The number of aromatic nitrogens is 1. The summed E-state index contributed by atoms with van der Waals surface area (Å²) in [6.07, 6.45) is 1.67. The van der Waals surface area contributed by atoms with E-state index in [-0.39, 0.29) is 28.7 Å². The smallest absolute Gasteiger partial charge is 0.251 e. The molecule has 0 aliphatic carbocycles. The molecule has 0 saturated carbocycles. The summed E-state index contributed by atoms with van der Waals surface area (Å²) in [7, 11) is -3.00. The van der Waals surface area contributed by atoms with Gasteiger partial charge in [0.15, 0.2) is 15.0 Å². The summed E-state index contributed by atoms with van der Waals surface area (Å²) in [5, 5.41) is 6.97. The van der Waals surface area contributed by atoms with E-state index >= 15 is 0 Å². The van der Waals surface area contributed by atoms with E-state index in [0.29, 0.717) is 28.0 Å².